The first-order valence-electron chi connectivity index (χ1n) is 7.18. The Kier molecular flexibility index (Phi) is 5.47. The Morgan fingerprint density at radius 3 is 2.57 bits per heavy atom. The van der Waals surface area contributed by atoms with Crippen LogP contribution in [0.2, 0.25) is 0 Å². The summed E-state index contributed by atoms with van der Waals surface area (Å²) in [5.74, 6) is 0.324. The first-order chi connectivity index (χ1) is 10.0. The van der Waals surface area contributed by atoms with Crippen molar-refractivity contribution >= 4 is 0 Å². The highest BCUT2D eigenvalue weighted by atomic mass is 19.4. The van der Waals surface area contributed by atoms with Gasteiger partial charge in [0.05, 0.1) is 12.7 Å². The van der Waals surface area contributed by atoms with Crippen LogP contribution >= 0.6 is 0 Å². The van der Waals surface area contributed by atoms with Crippen molar-refractivity contribution in [3.05, 3.63) is 29.3 Å². The predicted molar refractivity (Wildman–Crippen MR) is 75.6 cm³/mol. The molecule has 0 aliphatic carbocycles. The number of ether oxygens (including phenoxy) is 1. The first-order valence-corrected chi connectivity index (χ1v) is 7.18. The number of rotatable bonds is 5. The standard InChI is InChI=1S/C15H21F3N2O/c1-21-14-11-13(15(16,17)18)5-4-12(14)3-2-8-20-9-6-19-7-10-20/h4-5,11,19H,2-3,6-10H2,1H3. The van der Waals surface area contributed by atoms with Crippen molar-refractivity contribution < 1.29 is 17.9 Å². The SMILES string of the molecule is COc1cc(C(F)(F)F)ccc1CCCN1CCNCC1. The number of alkyl halides is 3. The molecule has 1 aliphatic heterocycles. The Bertz CT molecular complexity index is 457. The van der Waals surface area contributed by atoms with Gasteiger partial charge in [-0.3, -0.25) is 0 Å². The van der Waals surface area contributed by atoms with Crippen LogP contribution in [0.1, 0.15) is 17.5 Å². The molecular formula is C15H21F3N2O. The van der Waals surface area contributed by atoms with E-state index >= 15 is 0 Å². The normalized spacial score (nSPS) is 17.0. The second kappa shape index (κ2) is 7.13. The molecule has 1 saturated heterocycles. The number of piperazine rings is 1. The molecule has 118 valence electrons. The maximum atomic E-state index is 12.7. The Balaban J connectivity index is 1.93. The average Bonchev–Trinajstić information content (AvgIpc) is 2.47. The van der Waals surface area contributed by atoms with Gasteiger partial charge in [0, 0.05) is 26.2 Å². The van der Waals surface area contributed by atoms with Crippen molar-refractivity contribution in [3.8, 4) is 5.75 Å². The van der Waals surface area contributed by atoms with Gasteiger partial charge in [-0.05, 0) is 37.1 Å². The van der Waals surface area contributed by atoms with E-state index in [0.717, 1.165) is 63.3 Å². The summed E-state index contributed by atoms with van der Waals surface area (Å²) in [5.41, 5.74) is 0.172. The smallest absolute Gasteiger partial charge is 0.416 e. The van der Waals surface area contributed by atoms with Crippen molar-refractivity contribution in [1.82, 2.24) is 10.2 Å². The lowest BCUT2D eigenvalue weighted by atomic mass is 10.0. The van der Waals surface area contributed by atoms with E-state index in [1.165, 1.54) is 13.2 Å². The van der Waals surface area contributed by atoms with Gasteiger partial charge in [-0.1, -0.05) is 6.07 Å². The summed E-state index contributed by atoms with van der Waals surface area (Å²) in [6.45, 7) is 5.04. The maximum Gasteiger partial charge on any atom is 0.416 e. The Morgan fingerprint density at radius 1 is 1.24 bits per heavy atom. The molecule has 1 N–H and O–H groups in total. The summed E-state index contributed by atoms with van der Waals surface area (Å²) in [7, 11) is 1.41. The molecule has 21 heavy (non-hydrogen) atoms. The molecule has 3 nitrogen and oxygen atoms in total. The minimum absolute atomic E-state index is 0.324. The molecule has 0 atom stereocenters. The molecule has 0 saturated carbocycles. The minimum atomic E-state index is -4.33. The third kappa shape index (κ3) is 4.61. The second-order valence-electron chi connectivity index (χ2n) is 5.22. The van der Waals surface area contributed by atoms with E-state index in [9.17, 15) is 13.2 Å². The van der Waals surface area contributed by atoms with E-state index in [0.29, 0.717) is 5.75 Å². The highest BCUT2D eigenvalue weighted by Gasteiger charge is 2.31. The third-order valence-electron chi connectivity index (χ3n) is 3.74. The van der Waals surface area contributed by atoms with Crippen molar-refractivity contribution in [2.45, 2.75) is 19.0 Å². The molecule has 0 spiro atoms. The van der Waals surface area contributed by atoms with Crippen LogP contribution in [0.4, 0.5) is 13.2 Å². The number of nitrogens with zero attached hydrogens (tertiary/aromatic N) is 1. The molecule has 1 aliphatic rings. The van der Waals surface area contributed by atoms with Crippen LogP contribution in [0.25, 0.3) is 0 Å². The zero-order valence-corrected chi connectivity index (χ0v) is 12.2. The lowest BCUT2D eigenvalue weighted by Gasteiger charge is -2.27. The fraction of sp³-hybridized carbons (Fsp3) is 0.600. The van der Waals surface area contributed by atoms with Crippen LogP contribution in [0, 0.1) is 0 Å². The highest BCUT2D eigenvalue weighted by molar-refractivity contribution is 5.38. The molecule has 0 bridgehead atoms. The van der Waals surface area contributed by atoms with Crippen LogP contribution in [0.3, 0.4) is 0 Å². The number of hydrogen-bond acceptors (Lipinski definition) is 3. The van der Waals surface area contributed by atoms with Crippen LogP contribution in [0.5, 0.6) is 5.75 Å². The van der Waals surface area contributed by atoms with Gasteiger partial charge >= 0.3 is 6.18 Å². The molecular weight excluding hydrogens is 281 g/mol. The zero-order chi connectivity index (χ0) is 15.3. The van der Waals surface area contributed by atoms with E-state index in [-0.39, 0.29) is 0 Å². The molecule has 1 heterocycles. The average molecular weight is 302 g/mol. The van der Waals surface area contributed by atoms with Gasteiger partial charge in [0.2, 0.25) is 0 Å². The molecule has 1 fully saturated rings. The Hall–Kier alpha value is -1.27. The third-order valence-corrected chi connectivity index (χ3v) is 3.74. The Labute approximate surface area is 123 Å². The number of halogens is 3. The van der Waals surface area contributed by atoms with Crippen LogP contribution in [-0.4, -0.2) is 44.7 Å². The number of aryl methyl sites for hydroxylation is 1. The monoisotopic (exact) mass is 302 g/mol. The topological polar surface area (TPSA) is 24.5 Å². The first kappa shape index (κ1) is 16.1. The molecule has 0 radical (unpaired) electrons. The van der Waals surface area contributed by atoms with Crippen molar-refractivity contribution in [1.29, 1.82) is 0 Å². The van der Waals surface area contributed by atoms with Gasteiger partial charge < -0.3 is 15.0 Å². The van der Waals surface area contributed by atoms with E-state index in [2.05, 4.69) is 10.2 Å². The van der Waals surface area contributed by atoms with E-state index in [1.807, 2.05) is 0 Å². The molecule has 0 amide bonds. The quantitative estimate of drug-likeness (QED) is 0.904. The second-order valence-corrected chi connectivity index (χ2v) is 5.22. The molecule has 2 rings (SSSR count). The van der Waals surface area contributed by atoms with Gasteiger partial charge in [-0.25, -0.2) is 0 Å². The molecule has 0 aromatic heterocycles. The number of benzene rings is 1. The van der Waals surface area contributed by atoms with Gasteiger partial charge in [-0.15, -0.1) is 0 Å². The summed E-state index contributed by atoms with van der Waals surface area (Å²) in [6, 6.07) is 3.74. The highest BCUT2D eigenvalue weighted by Crippen LogP contribution is 2.33. The van der Waals surface area contributed by atoms with E-state index in [4.69, 9.17) is 4.74 Å². The van der Waals surface area contributed by atoms with E-state index < -0.39 is 11.7 Å². The minimum Gasteiger partial charge on any atom is -0.496 e. The number of hydrogen-bond donors (Lipinski definition) is 1. The van der Waals surface area contributed by atoms with E-state index in [1.54, 1.807) is 0 Å². The summed E-state index contributed by atoms with van der Waals surface area (Å²) < 4.78 is 43.1. The zero-order valence-electron chi connectivity index (χ0n) is 12.2. The molecule has 1 aromatic carbocycles. The van der Waals surface area contributed by atoms with Crippen molar-refractivity contribution in [2.75, 3.05) is 39.8 Å². The molecule has 6 heteroatoms. The summed E-state index contributed by atoms with van der Waals surface area (Å²) in [4.78, 5) is 2.37. The van der Waals surface area contributed by atoms with Crippen molar-refractivity contribution in [2.24, 2.45) is 0 Å². The van der Waals surface area contributed by atoms with Gasteiger partial charge in [0.15, 0.2) is 0 Å². The molecule has 0 unspecified atom stereocenters. The summed E-state index contributed by atoms with van der Waals surface area (Å²) in [5, 5.41) is 3.29. The number of methoxy groups -OCH3 is 1. The largest absolute Gasteiger partial charge is 0.496 e. The van der Waals surface area contributed by atoms with Gasteiger partial charge in [-0.2, -0.15) is 13.2 Å². The van der Waals surface area contributed by atoms with Crippen molar-refractivity contribution in [3.63, 3.8) is 0 Å². The lowest BCUT2D eigenvalue weighted by molar-refractivity contribution is -0.137. The fourth-order valence-electron chi connectivity index (χ4n) is 2.56. The van der Waals surface area contributed by atoms with Gasteiger partial charge in [0.25, 0.3) is 0 Å². The molecule has 1 aromatic rings. The lowest BCUT2D eigenvalue weighted by Crippen LogP contribution is -2.43. The summed E-state index contributed by atoms with van der Waals surface area (Å²) >= 11 is 0. The summed E-state index contributed by atoms with van der Waals surface area (Å²) in [6.07, 6.45) is -2.68. The fourth-order valence-corrected chi connectivity index (χ4v) is 2.56. The predicted octanol–water partition coefficient (Wildman–Crippen LogP) is 2.55. The van der Waals surface area contributed by atoms with Crippen LogP contribution < -0.4 is 10.1 Å². The van der Waals surface area contributed by atoms with Crippen LogP contribution in [-0.2, 0) is 12.6 Å². The number of nitrogens with one attached hydrogen (secondary N) is 1. The maximum absolute atomic E-state index is 12.7. The van der Waals surface area contributed by atoms with Crippen LogP contribution in [0.15, 0.2) is 18.2 Å². The Morgan fingerprint density at radius 2 is 1.95 bits per heavy atom. The van der Waals surface area contributed by atoms with Gasteiger partial charge in [0.1, 0.15) is 5.75 Å².